The van der Waals surface area contributed by atoms with Gasteiger partial charge in [0.2, 0.25) is 0 Å². The Hall–Kier alpha value is -2.33. The van der Waals surface area contributed by atoms with Crippen LogP contribution in [-0.2, 0) is 13.1 Å². The van der Waals surface area contributed by atoms with Gasteiger partial charge in [-0.25, -0.2) is 0 Å². The molecule has 3 rings (SSSR count). The van der Waals surface area contributed by atoms with Crippen molar-refractivity contribution in [3.05, 3.63) is 84.4 Å². The Bertz CT molecular complexity index is 690. The van der Waals surface area contributed by atoms with Crippen molar-refractivity contribution in [3.63, 3.8) is 0 Å². The standard InChI is InChI=1S/C19H19N3S/c1-23-19-11-3-2-10-18(19)22(14-16-8-4-6-12-20-16)15-17-9-5-7-13-21-17/h2-13H,14-15H2,1H3. The van der Waals surface area contributed by atoms with Crippen LogP contribution in [0.2, 0.25) is 0 Å². The van der Waals surface area contributed by atoms with Gasteiger partial charge < -0.3 is 4.90 Å². The van der Waals surface area contributed by atoms with E-state index in [0.29, 0.717) is 0 Å². The summed E-state index contributed by atoms with van der Waals surface area (Å²) in [4.78, 5) is 12.5. The minimum atomic E-state index is 0.759. The van der Waals surface area contributed by atoms with Crippen molar-refractivity contribution in [3.8, 4) is 0 Å². The average molecular weight is 321 g/mol. The van der Waals surface area contributed by atoms with Gasteiger partial charge in [0, 0.05) is 17.3 Å². The van der Waals surface area contributed by atoms with Crippen molar-refractivity contribution in [1.82, 2.24) is 9.97 Å². The van der Waals surface area contributed by atoms with E-state index in [4.69, 9.17) is 0 Å². The van der Waals surface area contributed by atoms with Crippen molar-refractivity contribution < 1.29 is 0 Å². The fraction of sp³-hybridized carbons (Fsp3) is 0.158. The molecule has 4 heteroatoms. The van der Waals surface area contributed by atoms with Crippen LogP contribution in [0.5, 0.6) is 0 Å². The lowest BCUT2D eigenvalue weighted by Crippen LogP contribution is -2.23. The Morgan fingerprint density at radius 1 is 0.783 bits per heavy atom. The van der Waals surface area contributed by atoms with Crippen LogP contribution in [0.1, 0.15) is 11.4 Å². The summed E-state index contributed by atoms with van der Waals surface area (Å²) in [6, 6.07) is 20.6. The maximum Gasteiger partial charge on any atom is 0.0606 e. The molecule has 0 aliphatic carbocycles. The van der Waals surface area contributed by atoms with Crippen LogP contribution in [-0.4, -0.2) is 16.2 Å². The minimum Gasteiger partial charge on any atom is -0.359 e. The second kappa shape index (κ2) is 7.79. The lowest BCUT2D eigenvalue weighted by Gasteiger charge is -2.26. The van der Waals surface area contributed by atoms with Gasteiger partial charge in [-0.05, 0) is 42.7 Å². The van der Waals surface area contributed by atoms with Crippen LogP contribution in [0.3, 0.4) is 0 Å². The van der Waals surface area contributed by atoms with Gasteiger partial charge in [0.1, 0.15) is 0 Å². The molecule has 0 bridgehead atoms. The lowest BCUT2D eigenvalue weighted by atomic mass is 10.2. The number of thioether (sulfide) groups is 1. The smallest absolute Gasteiger partial charge is 0.0606 e. The van der Waals surface area contributed by atoms with Crippen molar-refractivity contribution >= 4 is 17.4 Å². The summed E-state index contributed by atoms with van der Waals surface area (Å²) in [5.41, 5.74) is 3.33. The number of benzene rings is 1. The van der Waals surface area contributed by atoms with Crippen molar-refractivity contribution in [1.29, 1.82) is 0 Å². The molecular weight excluding hydrogens is 302 g/mol. The minimum absolute atomic E-state index is 0.759. The predicted octanol–water partition coefficient (Wildman–Crippen LogP) is 4.41. The zero-order valence-corrected chi connectivity index (χ0v) is 13.9. The zero-order chi connectivity index (χ0) is 15.9. The lowest BCUT2D eigenvalue weighted by molar-refractivity contribution is 0.758. The molecular formula is C19H19N3S. The van der Waals surface area contributed by atoms with Gasteiger partial charge in [-0.2, -0.15) is 0 Å². The molecule has 23 heavy (non-hydrogen) atoms. The molecule has 0 N–H and O–H groups in total. The summed E-state index contributed by atoms with van der Waals surface area (Å²) in [7, 11) is 0. The molecule has 0 saturated carbocycles. The van der Waals surface area contributed by atoms with Gasteiger partial charge in [-0.3, -0.25) is 9.97 Å². The predicted molar refractivity (Wildman–Crippen MR) is 96.6 cm³/mol. The summed E-state index contributed by atoms with van der Waals surface area (Å²) in [5, 5.41) is 0. The third-order valence-corrected chi connectivity index (χ3v) is 4.37. The van der Waals surface area contributed by atoms with E-state index >= 15 is 0 Å². The topological polar surface area (TPSA) is 29.0 Å². The molecule has 0 atom stereocenters. The number of pyridine rings is 2. The van der Waals surface area contributed by atoms with E-state index in [1.165, 1.54) is 10.6 Å². The molecule has 0 amide bonds. The first kappa shape index (κ1) is 15.6. The normalized spacial score (nSPS) is 10.5. The van der Waals surface area contributed by atoms with Crippen LogP contribution in [0.15, 0.2) is 78.0 Å². The summed E-state index contributed by atoms with van der Waals surface area (Å²) in [5.74, 6) is 0. The Kier molecular flexibility index (Phi) is 5.27. The van der Waals surface area contributed by atoms with Crippen LogP contribution >= 0.6 is 11.8 Å². The first-order valence-electron chi connectivity index (χ1n) is 7.54. The number of aromatic nitrogens is 2. The summed E-state index contributed by atoms with van der Waals surface area (Å²) in [6.45, 7) is 1.52. The highest BCUT2D eigenvalue weighted by Gasteiger charge is 2.13. The molecule has 0 radical (unpaired) electrons. The van der Waals surface area contributed by atoms with E-state index in [-0.39, 0.29) is 0 Å². The summed E-state index contributed by atoms with van der Waals surface area (Å²) < 4.78 is 0. The van der Waals surface area contributed by atoms with Gasteiger partial charge in [0.15, 0.2) is 0 Å². The number of para-hydroxylation sites is 1. The third kappa shape index (κ3) is 4.11. The van der Waals surface area contributed by atoms with Crippen molar-refractivity contribution in [2.24, 2.45) is 0 Å². The van der Waals surface area contributed by atoms with Crippen LogP contribution in [0.25, 0.3) is 0 Å². The highest BCUT2D eigenvalue weighted by molar-refractivity contribution is 7.98. The summed E-state index contributed by atoms with van der Waals surface area (Å²) >= 11 is 1.76. The fourth-order valence-corrected chi connectivity index (χ4v) is 3.11. The molecule has 2 heterocycles. The van der Waals surface area contributed by atoms with Gasteiger partial charge in [-0.15, -0.1) is 11.8 Å². The molecule has 3 nitrogen and oxygen atoms in total. The second-order valence-corrected chi connectivity index (χ2v) is 6.02. The van der Waals surface area contributed by atoms with Gasteiger partial charge in [-0.1, -0.05) is 24.3 Å². The quantitative estimate of drug-likeness (QED) is 0.629. The number of hydrogen-bond acceptors (Lipinski definition) is 4. The van der Waals surface area contributed by atoms with E-state index in [0.717, 1.165) is 24.5 Å². The molecule has 0 fully saturated rings. The Labute approximate surface area is 141 Å². The largest absolute Gasteiger partial charge is 0.359 e. The average Bonchev–Trinajstić information content (AvgIpc) is 2.63. The SMILES string of the molecule is CSc1ccccc1N(Cc1ccccn1)Cc1ccccn1. The molecule has 2 aromatic heterocycles. The molecule has 1 aromatic carbocycles. The number of nitrogens with zero attached hydrogens (tertiary/aromatic N) is 3. The van der Waals surface area contributed by atoms with Gasteiger partial charge >= 0.3 is 0 Å². The van der Waals surface area contributed by atoms with E-state index in [2.05, 4.69) is 57.5 Å². The highest BCUT2D eigenvalue weighted by atomic mass is 32.2. The molecule has 0 spiro atoms. The van der Waals surface area contributed by atoms with Crippen molar-refractivity contribution in [2.45, 2.75) is 18.0 Å². The van der Waals surface area contributed by atoms with Gasteiger partial charge in [0.05, 0.1) is 30.2 Å². The molecule has 0 aliphatic heterocycles. The molecule has 3 aromatic rings. The first-order valence-corrected chi connectivity index (χ1v) is 8.77. The molecule has 0 unspecified atom stereocenters. The maximum absolute atomic E-state index is 4.47. The fourth-order valence-electron chi connectivity index (χ4n) is 2.49. The Morgan fingerprint density at radius 3 is 1.87 bits per heavy atom. The van der Waals surface area contributed by atoms with Crippen LogP contribution < -0.4 is 4.90 Å². The third-order valence-electron chi connectivity index (χ3n) is 3.58. The Balaban J connectivity index is 1.92. The number of rotatable bonds is 6. The maximum atomic E-state index is 4.47. The Morgan fingerprint density at radius 2 is 1.35 bits per heavy atom. The van der Waals surface area contributed by atoms with Gasteiger partial charge in [0.25, 0.3) is 0 Å². The molecule has 0 saturated heterocycles. The zero-order valence-electron chi connectivity index (χ0n) is 13.1. The second-order valence-electron chi connectivity index (χ2n) is 5.17. The molecule has 0 aliphatic rings. The van der Waals surface area contributed by atoms with Crippen molar-refractivity contribution in [2.75, 3.05) is 11.2 Å². The number of hydrogen-bond donors (Lipinski definition) is 0. The van der Waals surface area contributed by atoms with E-state index in [1.807, 2.05) is 36.7 Å². The van der Waals surface area contributed by atoms with E-state index in [9.17, 15) is 0 Å². The van der Waals surface area contributed by atoms with E-state index < -0.39 is 0 Å². The summed E-state index contributed by atoms with van der Waals surface area (Å²) in [6.07, 6.45) is 5.79. The monoisotopic (exact) mass is 321 g/mol. The first-order chi connectivity index (χ1) is 11.4. The van der Waals surface area contributed by atoms with Crippen LogP contribution in [0.4, 0.5) is 5.69 Å². The highest BCUT2D eigenvalue weighted by Crippen LogP contribution is 2.30. The van der Waals surface area contributed by atoms with Crippen LogP contribution in [0, 0.1) is 0 Å². The molecule has 116 valence electrons. The number of anilines is 1. The van der Waals surface area contributed by atoms with E-state index in [1.54, 1.807) is 11.8 Å².